The lowest BCUT2D eigenvalue weighted by molar-refractivity contribution is -0.385. The Labute approximate surface area is 140 Å². The zero-order valence-electron chi connectivity index (χ0n) is 12.2. The van der Waals surface area contributed by atoms with Crippen LogP contribution in [0.15, 0.2) is 48.9 Å². The SMILES string of the molecule is O=C(Nc1ccccc1Cl)c1ccn(Cn2cc([N+](=O)[O-])cn2)n1. The van der Waals surface area contributed by atoms with Crippen molar-refractivity contribution in [1.29, 1.82) is 0 Å². The molecule has 0 saturated carbocycles. The van der Waals surface area contributed by atoms with Gasteiger partial charge in [0.1, 0.15) is 19.1 Å². The number of amides is 1. The Balaban J connectivity index is 1.69. The van der Waals surface area contributed by atoms with E-state index in [9.17, 15) is 14.9 Å². The molecule has 0 aliphatic carbocycles. The first-order valence-electron chi connectivity index (χ1n) is 6.79. The summed E-state index contributed by atoms with van der Waals surface area (Å²) in [6, 6.07) is 8.39. The van der Waals surface area contributed by atoms with Crippen LogP contribution in [0.2, 0.25) is 5.02 Å². The summed E-state index contributed by atoms with van der Waals surface area (Å²) in [5.74, 6) is -0.409. The molecule has 2 aromatic heterocycles. The van der Waals surface area contributed by atoms with Gasteiger partial charge in [-0.2, -0.15) is 10.2 Å². The van der Waals surface area contributed by atoms with Gasteiger partial charge in [0.2, 0.25) is 0 Å². The second-order valence-corrected chi connectivity index (χ2v) is 5.22. The van der Waals surface area contributed by atoms with Gasteiger partial charge in [0, 0.05) is 6.20 Å². The first-order chi connectivity index (χ1) is 11.5. The maximum absolute atomic E-state index is 12.2. The standard InChI is InChI=1S/C14H11ClN6O3/c15-11-3-1-2-4-12(11)17-14(22)13-5-6-19(18-13)9-20-8-10(7-16-20)21(23)24/h1-8H,9H2,(H,17,22). The normalized spacial score (nSPS) is 10.5. The van der Waals surface area contributed by atoms with Crippen LogP contribution in [0.1, 0.15) is 10.5 Å². The molecule has 3 aromatic rings. The number of anilines is 1. The molecule has 9 nitrogen and oxygen atoms in total. The fraction of sp³-hybridized carbons (Fsp3) is 0.0714. The number of carbonyl (C=O) groups is 1. The van der Waals surface area contributed by atoms with E-state index in [0.717, 1.165) is 6.20 Å². The van der Waals surface area contributed by atoms with Crippen molar-refractivity contribution >= 4 is 28.9 Å². The van der Waals surface area contributed by atoms with Gasteiger partial charge >= 0.3 is 5.69 Å². The number of hydrogen-bond donors (Lipinski definition) is 1. The number of carbonyl (C=O) groups excluding carboxylic acids is 1. The summed E-state index contributed by atoms with van der Waals surface area (Å²) in [4.78, 5) is 22.3. The number of hydrogen-bond acceptors (Lipinski definition) is 5. The van der Waals surface area contributed by atoms with Crippen molar-refractivity contribution in [3.63, 3.8) is 0 Å². The fourth-order valence-electron chi connectivity index (χ4n) is 1.98. The van der Waals surface area contributed by atoms with Crippen LogP contribution in [-0.2, 0) is 6.67 Å². The molecule has 0 atom stereocenters. The monoisotopic (exact) mass is 346 g/mol. The summed E-state index contributed by atoms with van der Waals surface area (Å²) in [5, 5.41) is 21.7. The molecule has 0 radical (unpaired) electrons. The molecule has 0 fully saturated rings. The number of nitro groups is 1. The van der Waals surface area contributed by atoms with Crippen LogP contribution in [0.5, 0.6) is 0 Å². The van der Waals surface area contributed by atoms with Crippen LogP contribution >= 0.6 is 11.6 Å². The van der Waals surface area contributed by atoms with Gasteiger partial charge in [0.05, 0.1) is 15.6 Å². The number of halogens is 1. The van der Waals surface area contributed by atoms with Gasteiger partial charge in [-0.3, -0.25) is 19.6 Å². The van der Waals surface area contributed by atoms with E-state index in [4.69, 9.17) is 11.6 Å². The Morgan fingerprint density at radius 2 is 2.08 bits per heavy atom. The molecule has 1 aromatic carbocycles. The fourth-order valence-corrected chi connectivity index (χ4v) is 2.17. The predicted molar refractivity (Wildman–Crippen MR) is 85.9 cm³/mol. The highest BCUT2D eigenvalue weighted by Gasteiger charge is 2.13. The van der Waals surface area contributed by atoms with E-state index in [1.165, 1.54) is 21.6 Å². The van der Waals surface area contributed by atoms with Gasteiger partial charge in [-0.15, -0.1) is 0 Å². The van der Waals surface area contributed by atoms with Crippen molar-refractivity contribution in [3.8, 4) is 0 Å². The van der Waals surface area contributed by atoms with E-state index < -0.39 is 10.8 Å². The third kappa shape index (κ3) is 3.41. The highest BCUT2D eigenvalue weighted by molar-refractivity contribution is 6.33. The lowest BCUT2D eigenvalue weighted by Gasteiger charge is -2.05. The maximum Gasteiger partial charge on any atom is 0.307 e. The molecular weight excluding hydrogens is 336 g/mol. The maximum atomic E-state index is 12.2. The highest BCUT2D eigenvalue weighted by Crippen LogP contribution is 2.20. The average Bonchev–Trinajstić information content (AvgIpc) is 3.19. The van der Waals surface area contributed by atoms with Gasteiger partial charge in [-0.25, -0.2) is 4.68 Å². The van der Waals surface area contributed by atoms with Crippen molar-refractivity contribution < 1.29 is 9.72 Å². The highest BCUT2D eigenvalue weighted by atomic mass is 35.5. The van der Waals surface area contributed by atoms with Crippen LogP contribution in [0.3, 0.4) is 0 Å². The molecule has 0 aliphatic rings. The van der Waals surface area contributed by atoms with E-state index in [1.54, 1.807) is 30.5 Å². The zero-order valence-corrected chi connectivity index (χ0v) is 12.9. The summed E-state index contributed by atoms with van der Waals surface area (Å²) in [5.41, 5.74) is 0.567. The summed E-state index contributed by atoms with van der Waals surface area (Å²) in [6.07, 6.45) is 4.01. The van der Waals surface area contributed by atoms with Crippen molar-refractivity contribution in [3.05, 3.63) is 69.8 Å². The lowest BCUT2D eigenvalue weighted by Crippen LogP contribution is -2.15. The lowest BCUT2D eigenvalue weighted by atomic mass is 10.3. The first kappa shape index (κ1) is 15.7. The second kappa shape index (κ2) is 6.50. The molecule has 0 bridgehead atoms. The number of rotatable bonds is 5. The van der Waals surface area contributed by atoms with E-state index in [2.05, 4.69) is 15.5 Å². The van der Waals surface area contributed by atoms with E-state index in [0.29, 0.717) is 10.7 Å². The van der Waals surface area contributed by atoms with Crippen molar-refractivity contribution in [2.24, 2.45) is 0 Å². The van der Waals surface area contributed by atoms with Gasteiger partial charge in [-0.1, -0.05) is 23.7 Å². The summed E-state index contributed by atoms with van der Waals surface area (Å²) in [7, 11) is 0. The minimum Gasteiger partial charge on any atom is -0.319 e. The molecule has 1 amide bonds. The van der Waals surface area contributed by atoms with Crippen molar-refractivity contribution in [1.82, 2.24) is 19.6 Å². The molecular formula is C14H11ClN6O3. The first-order valence-corrected chi connectivity index (χ1v) is 7.17. The van der Waals surface area contributed by atoms with Crippen LogP contribution in [-0.4, -0.2) is 30.4 Å². The summed E-state index contributed by atoms with van der Waals surface area (Å²) in [6.45, 7) is 0.146. The van der Waals surface area contributed by atoms with Gasteiger partial charge < -0.3 is 5.32 Å². The zero-order chi connectivity index (χ0) is 17.1. The Morgan fingerprint density at radius 1 is 1.29 bits per heavy atom. The number of benzene rings is 1. The number of nitrogens with one attached hydrogen (secondary N) is 1. The van der Waals surface area contributed by atoms with E-state index in [1.807, 2.05) is 0 Å². The topological polar surface area (TPSA) is 108 Å². The molecule has 122 valence electrons. The van der Waals surface area contributed by atoms with Crippen molar-refractivity contribution in [2.75, 3.05) is 5.32 Å². The Bertz CT molecular complexity index is 903. The van der Waals surface area contributed by atoms with E-state index >= 15 is 0 Å². The molecule has 1 N–H and O–H groups in total. The van der Waals surface area contributed by atoms with Gasteiger partial charge in [0.25, 0.3) is 5.91 Å². The number of nitrogens with zero attached hydrogens (tertiary/aromatic N) is 5. The van der Waals surface area contributed by atoms with Gasteiger partial charge in [0.15, 0.2) is 5.69 Å². The van der Waals surface area contributed by atoms with Crippen molar-refractivity contribution in [2.45, 2.75) is 6.67 Å². The number of aromatic nitrogens is 4. The molecule has 3 rings (SSSR count). The Kier molecular flexibility index (Phi) is 4.25. The predicted octanol–water partition coefficient (Wildman–Crippen LogP) is 2.40. The smallest absolute Gasteiger partial charge is 0.307 e. The number of para-hydroxylation sites is 1. The molecule has 0 saturated heterocycles. The van der Waals surface area contributed by atoms with Crippen LogP contribution in [0.25, 0.3) is 0 Å². The molecule has 2 heterocycles. The Morgan fingerprint density at radius 3 is 2.79 bits per heavy atom. The quantitative estimate of drug-likeness (QED) is 0.563. The third-order valence-electron chi connectivity index (χ3n) is 3.12. The minimum absolute atomic E-state index is 0.112. The largest absolute Gasteiger partial charge is 0.319 e. The average molecular weight is 347 g/mol. The third-order valence-corrected chi connectivity index (χ3v) is 3.45. The minimum atomic E-state index is -0.533. The molecule has 0 spiro atoms. The molecule has 0 unspecified atom stereocenters. The van der Waals surface area contributed by atoms with Crippen LogP contribution < -0.4 is 5.32 Å². The summed E-state index contributed by atoms with van der Waals surface area (Å²) < 4.78 is 2.79. The Hall–Kier alpha value is -3.20. The van der Waals surface area contributed by atoms with Crippen LogP contribution in [0.4, 0.5) is 11.4 Å². The summed E-state index contributed by atoms with van der Waals surface area (Å²) >= 11 is 5.99. The van der Waals surface area contributed by atoms with Crippen LogP contribution in [0, 0.1) is 10.1 Å². The van der Waals surface area contributed by atoms with Gasteiger partial charge in [-0.05, 0) is 18.2 Å². The van der Waals surface area contributed by atoms with E-state index in [-0.39, 0.29) is 18.1 Å². The molecule has 0 aliphatic heterocycles. The molecule has 24 heavy (non-hydrogen) atoms. The second-order valence-electron chi connectivity index (χ2n) is 4.81. The molecule has 10 heteroatoms.